The zero-order valence-corrected chi connectivity index (χ0v) is 32.2. The standard InChI is InChI=1S/C45H69NO3/c1-7-10-13-15-17-18-19-20-22-24-27-39-30-33-45(49-6)42(36-39)46(40-34-37(25-12-9-3)28-31-43(40)47-4)41-35-38(29-32-44(41)48-5)26-23-21-16-14-11-8-2/h28-36H,7-27H2,1-6H3. The molecule has 0 N–H and O–H groups in total. The van der Waals surface area contributed by atoms with E-state index >= 15 is 0 Å². The molecule has 0 saturated heterocycles. The van der Waals surface area contributed by atoms with E-state index in [-0.39, 0.29) is 0 Å². The Morgan fingerprint density at radius 2 is 0.653 bits per heavy atom. The van der Waals surface area contributed by atoms with Crippen molar-refractivity contribution in [1.82, 2.24) is 0 Å². The van der Waals surface area contributed by atoms with Crippen LogP contribution in [0.2, 0.25) is 0 Å². The van der Waals surface area contributed by atoms with Crippen LogP contribution in [0.4, 0.5) is 17.1 Å². The van der Waals surface area contributed by atoms with Gasteiger partial charge in [0.15, 0.2) is 0 Å². The van der Waals surface area contributed by atoms with E-state index in [1.807, 2.05) is 0 Å². The van der Waals surface area contributed by atoms with Gasteiger partial charge in [0.25, 0.3) is 0 Å². The fourth-order valence-electron chi connectivity index (χ4n) is 6.89. The summed E-state index contributed by atoms with van der Waals surface area (Å²) in [6, 6.07) is 20.1. The number of hydrogen-bond acceptors (Lipinski definition) is 4. The lowest BCUT2D eigenvalue weighted by molar-refractivity contribution is 0.409. The Bertz CT molecular complexity index is 1320. The topological polar surface area (TPSA) is 30.9 Å². The van der Waals surface area contributed by atoms with Crippen LogP contribution in [-0.4, -0.2) is 21.3 Å². The van der Waals surface area contributed by atoms with Crippen LogP contribution < -0.4 is 19.1 Å². The van der Waals surface area contributed by atoms with E-state index in [1.54, 1.807) is 21.3 Å². The van der Waals surface area contributed by atoms with E-state index in [4.69, 9.17) is 14.2 Å². The van der Waals surface area contributed by atoms with Crippen LogP contribution in [-0.2, 0) is 19.3 Å². The van der Waals surface area contributed by atoms with Gasteiger partial charge >= 0.3 is 0 Å². The summed E-state index contributed by atoms with van der Waals surface area (Å²) in [6.07, 6.45) is 26.6. The summed E-state index contributed by atoms with van der Waals surface area (Å²) >= 11 is 0. The van der Waals surface area contributed by atoms with Crippen LogP contribution in [0.1, 0.15) is 153 Å². The molecule has 0 aliphatic carbocycles. The maximum Gasteiger partial charge on any atom is 0.142 e. The lowest BCUT2D eigenvalue weighted by Gasteiger charge is -2.30. The van der Waals surface area contributed by atoms with Gasteiger partial charge in [0.2, 0.25) is 0 Å². The Hall–Kier alpha value is -3.14. The van der Waals surface area contributed by atoms with Gasteiger partial charge < -0.3 is 14.2 Å². The number of nitrogens with zero attached hydrogens (tertiary/aromatic N) is 1. The lowest BCUT2D eigenvalue weighted by Crippen LogP contribution is -2.15. The first-order chi connectivity index (χ1) is 24.1. The smallest absolute Gasteiger partial charge is 0.142 e. The van der Waals surface area contributed by atoms with Crippen molar-refractivity contribution in [3.63, 3.8) is 0 Å². The van der Waals surface area contributed by atoms with Gasteiger partial charge in [-0.05, 0) is 91.6 Å². The van der Waals surface area contributed by atoms with Crippen molar-refractivity contribution in [3.05, 3.63) is 71.3 Å². The van der Waals surface area contributed by atoms with Crippen LogP contribution in [0.5, 0.6) is 17.2 Å². The zero-order chi connectivity index (χ0) is 35.1. The highest BCUT2D eigenvalue weighted by Gasteiger charge is 2.24. The molecule has 0 fully saturated rings. The predicted octanol–water partition coefficient (Wildman–Crippen LogP) is 13.9. The zero-order valence-electron chi connectivity index (χ0n) is 32.2. The first-order valence-corrected chi connectivity index (χ1v) is 19.9. The molecular formula is C45H69NO3. The number of aryl methyl sites for hydroxylation is 3. The van der Waals surface area contributed by atoms with Gasteiger partial charge in [-0.3, -0.25) is 4.90 Å². The van der Waals surface area contributed by atoms with Crippen LogP contribution in [0, 0.1) is 0 Å². The quantitative estimate of drug-likeness (QED) is 0.0755. The Morgan fingerprint density at radius 1 is 0.367 bits per heavy atom. The summed E-state index contributed by atoms with van der Waals surface area (Å²) < 4.78 is 18.2. The maximum absolute atomic E-state index is 6.09. The molecule has 0 bridgehead atoms. The van der Waals surface area contributed by atoms with Gasteiger partial charge in [-0.25, -0.2) is 0 Å². The van der Waals surface area contributed by atoms with E-state index in [0.29, 0.717) is 0 Å². The molecule has 3 aromatic carbocycles. The molecule has 0 amide bonds. The number of anilines is 3. The number of methoxy groups -OCH3 is 3. The minimum Gasteiger partial charge on any atom is -0.495 e. The molecule has 0 radical (unpaired) electrons. The van der Waals surface area contributed by atoms with E-state index in [9.17, 15) is 0 Å². The monoisotopic (exact) mass is 672 g/mol. The summed E-state index contributed by atoms with van der Waals surface area (Å²) in [7, 11) is 5.33. The summed E-state index contributed by atoms with van der Waals surface area (Å²) in [6.45, 7) is 6.82. The second-order valence-electron chi connectivity index (χ2n) is 13.9. The maximum atomic E-state index is 6.09. The molecule has 0 spiro atoms. The predicted molar refractivity (Wildman–Crippen MR) is 212 cm³/mol. The molecule has 0 atom stereocenters. The number of rotatable bonds is 27. The van der Waals surface area contributed by atoms with Gasteiger partial charge in [-0.15, -0.1) is 0 Å². The Balaban J connectivity index is 1.95. The van der Waals surface area contributed by atoms with Crippen molar-refractivity contribution in [3.8, 4) is 17.2 Å². The van der Waals surface area contributed by atoms with Crippen LogP contribution in [0.25, 0.3) is 0 Å². The van der Waals surface area contributed by atoms with Crippen molar-refractivity contribution < 1.29 is 14.2 Å². The van der Waals surface area contributed by atoms with Crippen molar-refractivity contribution in [2.45, 2.75) is 156 Å². The van der Waals surface area contributed by atoms with Crippen LogP contribution in [0.15, 0.2) is 54.6 Å². The van der Waals surface area contributed by atoms with Gasteiger partial charge in [0.1, 0.15) is 17.2 Å². The Labute approximate surface area is 300 Å². The SMILES string of the molecule is CCCCCCCCCCCCc1ccc(OC)c(N(c2cc(CCCC)ccc2OC)c2cc(CCCCCCCC)ccc2OC)c1. The molecule has 4 heteroatoms. The van der Waals surface area contributed by atoms with E-state index < -0.39 is 0 Å². The summed E-state index contributed by atoms with van der Waals surface area (Å²) in [4.78, 5) is 2.33. The first kappa shape index (κ1) is 40.3. The van der Waals surface area contributed by atoms with Crippen molar-refractivity contribution in [2.75, 3.05) is 26.2 Å². The minimum absolute atomic E-state index is 0.839. The highest BCUT2D eigenvalue weighted by molar-refractivity contribution is 5.86. The van der Waals surface area contributed by atoms with E-state index in [0.717, 1.165) is 66.4 Å². The lowest BCUT2D eigenvalue weighted by atomic mass is 10.0. The highest BCUT2D eigenvalue weighted by Crippen LogP contribution is 2.48. The molecule has 272 valence electrons. The largest absolute Gasteiger partial charge is 0.495 e. The van der Waals surface area contributed by atoms with Crippen molar-refractivity contribution in [2.24, 2.45) is 0 Å². The molecule has 0 aliphatic rings. The number of unbranched alkanes of at least 4 members (excludes halogenated alkanes) is 15. The normalized spacial score (nSPS) is 11.1. The van der Waals surface area contributed by atoms with Gasteiger partial charge in [-0.2, -0.15) is 0 Å². The molecule has 49 heavy (non-hydrogen) atoms. The molecule has 0 aliphatic heterocycles. The average molecular weight is 672 g/mol. The molecule has 4 nitrogen and oxygen atoms in total. The van der Waals surface area contributed by atoms with Gasteiger partial charge in [0, 0.05) is 0 Å². The molecule has 0 unspecified atom stereocenters. The molecule has 0 aromatic heterocycles. The second-order valence-corrected chi connectivity index (χ2v) is 13.9. The fraction of sp³-hybridized carbons (Fsp3) is 0.600. The third-order valence-electron chi connectivity index (χ3n) is 9.91. The van der Waals surface area contributed by atoms with E-state index in [2.05, 4.69) is 80.3 Å². The third kappa shape index (κ3) is 13.6. The third-order valence-corrected chi connectivity index (χ3v) is 9.91. The Morgan fingerprint density at radius 3 is 0.959 bits per heavy atom. The molecule has 0 heterocycles. The summed E-state index contributed by atoms with van der Waals surface area (Å²) in [5, 5.41) is 0. The average Bonchev–Trinajstić information content (AvgIpc) is 3.13. The first-order valence-electron chi connectivity index (χ1n) is 19.9. The van der Waals surface area contributed by atoms with Crippen molar-refractivity contribution in [1.29, 1.82) is 0 Å². The van der Waals surface area contributed by atoms with E-state index in [1.165, 1.54) is 119 Å². The molecular weight excluding hydrogens is 602 g/mol. The highest BCUT2D eigenvalue weighted by atomic mass is 16.5. The molecule has 0 saturated carbocycles. The summed E-state index contributed by atoms with van der Waals surface area (Å²) in [5.41, 5.74) is 7.03. The number of ether oxygens (including phenoxy) is 3. The van der Waals surface area contributed by atoms with Crippen LogP contribution >= 0.6 is 0 Å². The van der Waals surface area contributed by atoms with Gasteiger partial charge in [-0.1, -0.05) is 135 Å². The molecule has 3 aromatic rings. The number of benzene rings is 3. The van der Waals surface area contributed by atoms with Gasteiger partial charge in [0.05, 0.1) is 38.4 Å². The minimum atomic E-state index is 0.839. The fourth-order valence-corrected chi connectivity index (χ4v) is 6.89. The van der Waals surface area contributed by atoms with Crippen molar-refractivity contribution >= 4 is 17.1 Å². The van der Waals surface area contributed by atoms with Crippen LogP contribution in [0.3, 0.4) is 0 Å². The summed E-state index contributed by atoms with van der Waals surface area (Å²) in [5.74, 6) is 2.52. The Kier molecular flexibility index (Phi) is 19.8. The molecule has 3 rings (SSSR count). The number of hydrogen-bond donors (Lipinski definition) is 0. The second kappa shape index (κ2) is 24.1.